The highest BCUT2D eigenvalue weighted by Crippen LogP contribution is 2.30. The Balaban J connectivity index is 1.93. The number of nitrogens with zero attached hydrogens (tertiary/aromatic N) is 3. The van der Waals surface area contributed by atoms with Gasteiger partial charge in [0.05, 0.1) is 27.5 Å². The Labute approximate surface area is 153 Å². The number of hydrogen-bond acceptors (Lipinski definition) is 4. The summed E-state index contributed by atoms with van der Waals surface area (Å²) < 4.78 is 2.70. The molecule has 0 saturated heterocycles. The number of carbonyl (C=O) groups is 1. The molecule has 124 valence electrons. The third-order valence-electron chi connectivity index (χ3n) is 3.72. The van der Waals surface area contributed by atoms with Gasteiger partial charge in [-0.2, -0.15) is 10.4 Å². The van der Waals surface area contributed by atoms with Crippen molar-refractivity contribution >= 4 is 33.2 Å². The van der Waals surface area contributed by atoms with E-state index in [1.165, 1.54) is 0 Å². The number of hydrogen-bond donors (Lipinski definition) is 2. The number of halogens is 1. The molecule has 0 atom stereocenters. The molecule has 0 saturated carbocycles. The van der Waals surface area contributed by atoms with Gasteiger partial charge >= 0.3 is 0 Å². The standard InChI is InChI=1S/C18H14BrN5O/c1-24-17(16(19)10-22-24)11-3-2-4-13(7-11)23-14-5-6-15(18(21)25)12(8-14)9-20/h2-8,10,23H,1H3,(H2,21,25). The van der Waals surface area contributed by atoms with E-state index >= 15 is 0 Å². The molecule has 1 amide bonds. The summed E-state index contributed by atoms with van der Waals surface area (Å²) in [5.74, 6) is -0.619. The zero-order chi connectivity index (χ0) is 18.0. The molecular weight excluding hydrogens is 382 g/mol. The van der Waals surface area contributed by atoms with Crippen molar-refractivity contribution in [2.24, 2.45) is 12.8 Å². The number of aromatic nitrogens is 2. The maximum Gasteiger partial charge on any atom is 0.250 e. The minimum Gasteiger partial charge on any atom is -0.366 e. The largest absolute Gasteiger partial charge is 0.366 e. The van der Waals surface area contributed by atoms with Gasteiger partial charge in [-0.05, 0) is 46.3 Å². The van der Waals surface area contributed by atoms with Crippen molar-refractivity contribution in [1.29, 1.82) is 5.26 Å². The highest BCUT2D eigenvalue weighted by atomic mass is 79.9. The van der Waals surface area contributed by atoms with Gasteiger partial charge in [-0.3, -0.25) is 9.48 Å². The molecule has 6 nitrogen and oxygen atoms in total. The summed E-state index contributed by atoms with van der Waals surface area (Å²) in [6.07, 6.45) is 1.75. The van der Waals surface area contributed by atoms with Gasteiger partial charge in [0.2, 0.25) is 5.91 Å². The van der Waals surface area contributed by atoms with Crippen molar-refractivity contribution < 1.29 is 4.79 Å². The molecule has 7 heteroatoms. The first-order valence-corrected chi connectivity index (χ1v) is 8.18. The number of amides is 1. The van der Waals surface area contributed by atoms with E-state index in [-0.39, 0.29) is 11.1 Å². The van der Waals surface area contributed by atoms with Crippen LogP contribution in [-0.2, 0) is 7.05 Å². The molecule has 0 aliphatic heterocycles. The monoisotopic (exact) mass is 395 g/mol. The fourth-order valence-corrected chi connectivity index (χ4v) is 3.15. The van der Waals surface area contributed by atoms with E-state index in [4.69, 9.17) is 5.73 Å². The number of nitriles is 1. The number of carbonyl (C=O) groups excluding carboxylic acids is 1. The molecule has 0 aliphatic rings. The lowest BCUT2D eigenvalue weighted by Gasteiger charge is -2.10. The van der Waals surface area contributed by atoms with Crippen LogP contribution in [-0.4, -0.2) is 15.7 Å². The average molecular weight is 396 g/mol. The van der Waals surface area contributed by atoms with Crippen LogP contribution in [0, 0.1) is 11.3 Å². The van der Waals surface area contributed by atoms with Crippen LogP contribution in [0.3, 0.4) is 0 Å². The number of benzene rings is 2. The molecule has 0 radical (unpaired) electrons. The van der Waals surface area contributed by atoms with Crippen LogP contribution in [0.2, 0.25) is 0 Å². The lowest BCUT2D eigenvalue weighted by atomic mass is 10.1. The molecule has 3 rings (SSSR count). The summed E-state index contributed by atoms with van der Waals surface area (Å²) in [6.45, 7) is 0. The van der Waals surface area contributed by atoms with Crippen molar-refractivity contribution in [3.05, 3.63) is 64.3 Å². The minimum absolute atomic E-state index is 0.209. The Kier molecular flexibility index (Phi) is 4.55. The number of nitrogens with two attached hydrogens (primary N) is 1. The Morgan fingerprint density at radius 3 is 2.68 bits per heavy atom. The Hall–Kier alpha value is -3.11. The molecule has 2 aromatic carbocycles. The predicted molar refractivity (Wildman–Crippen MR) is 99.3 cm³/mol. The van der Waals surface area contributed by atoms with E-state index in [2.05, 4.69) is 26.3 Å². The zero-order valence-corrected chi connectivity index (χ0v) is 14.9. The highest BCUT2D eigenvalue weighted by Gasteiger charge is 2.11. The normalized spacial score (nSPS) is 10.3. The molecule has 1 aromatic heterocycles. The van der Waals surface area contributed by atoms with E-state index in [1.807, 2.05) is 37.4 Å². The minimum atomic E-state index is -0.619. The molecule has 3 aromatic rings. The van der Waals surface area contributed by atoms with Crippen LogP contribution < -0.4 is 11.1 Å². The van der Waals surface area contributed by atoms with Crippen molar-refractivity contribution in [1.82, 2.24) is 9.78 Å². The Morgan fingerprint density at radius 2 is 2.04 bits per heavy atom. The second-order valence-corrected chi connectivity index (χ2v) is 6.26. The molecule has 3 N–H and O–H groups in total. The number of nitrogens with one attached hydrogen (secondary N) is 1. The lowest BCUT2D eigenvalue weighted by Crippen LogP contribution is -2.12. The predicted octanol–water partition coefficient (Wildman–Crippen LogP) is 3.56. The van der Waals surface area contributed by atoms with Crippen LogP contribution in [0.4, 0.5) is 11.4 Å². The number of rotatable bonds is 4. The van der Waals surface area contributed by atoms with E-state index in [1.54, 1.807) is 29.1 Å². The third-order valence-corrected chi connectivity index (χ3v) is 4.30. The van der Waals surface area contributed by atoms with Crippen molar-refractivity contribution in [3.63, 3.8) is 0 Å². The average Bonchev–Trinajstić information content (AvgIpc) is 2.93. The summed E-state index contributed by atoms with van der Waals surface area (Å²) in [6, 6.07) is 14.7. The van der Waals surface area contributed by atoms with Gasteiger partial charge in [-0.1, -0.05) is 12.1 Å². The van der Waals surface area contributed by atoms with Gasteiger partial charge in [-0.15, -0.1) is 0 Å². The fourth-order valence-electron chi connectivity index (χ4n) is 2.58. The first-order chi connectivity index (χ1) is 12.0. The van der Waals surface area contributed by atoms with E-state index in [0.29, 0.717) is 5.69 Å². The molecule has 0 aliphatic carbocycles. The van der Waals surface area contributed by atoms with Gasteiger partial charge < -0.3 is 11.1 Å². The van der Waals surface area contributed by atoms with E-state index in [9.17, 15) is 10.1 Å². The Morgan fingerprint density at radius 1 is 1.28 bits per heavy atom. The zero-order valence-electron chi connectivity index (χ0n) is 13.3. The number of aryl methyl sites for hydroxylation is 1. The molecule has 0 fully saturated rings. The van der Waals surface area contributed by atoms with Crippen LogP contribution in [0.5, 0.6) is 0 Å². The lowest BCUT2D eigenvalue weighted by molar-refractivity contribution is 0.1000. The summed E-state index contributed by atoms with van der Waals surface area (Å²) in [7, 11) is 1.88. The number of anilines is 2. The molecule has 0 bridgehead atoms. The molecule has 25 heavy (non-hydrogen) atoms. The van der Waals surface area contributed by atoms with Crippen LogP contribution in [0.1, 0.15) is 15.9 Å². The topological polar surface area (TPSA) is 96.7 Å². The van der Waals surface area contributed by atoms with E-state index in [0.717, 1.165) is 21.4 Å². The first-order valence-electron chi connectivity index (χ1n) is 7.38. The molecule has 0 unspecified atom stereocenters. The maximum atomic E-state index is 11.3. The van der Waals surface area contributed by atoms with Crippen LogP contribution in [0.25, 0.3) is 11.3 Å². The van der Waals surface area contributed by atoms with Crippen LogP contribution >= 0.6 is 15.9 Å². The maximum absolute atomic E-state index is 11.3. The first kappa shape index (κ1) is 16.7. The van der Waals surface area contributed by atoms with Crippen molar-refractivity contribution in [2.45, 2.75) is 0 Å². The molecule has 1 heterocycles. The summed E-state index contributed by atoms with van der Waals surface area (Å²) in [5, 5.41) is 16.7. The highest BCUT2D eigenvalue weighted by molar-refractivity contribution is 9.10. The third kappa shape index (κ3) is 3.39. The van der Waals surface area contributed by atoms with Crippen molar-refractivity contribution in [3.8, 4) is 17.3 Å². The number of primary amides is 1. The summed E-state index contributed by atoms with van der Waals surface area (Å²) in [4.78, 5) is 11.3. The molecular formula is C18H14BrN5O. The molecule has 0 spiro atoms. The fraction of sp³-hybridized carbons (Fsp3) is 0.0556. The second-order valence-electron chi connectivity index (χ2n) is 5.41. The van der Waals surface area contributed by atoms with Crippen molar-refractivity contribution in [2.75, 3.05) is 5.32 Å². The summed E-state index contributed by atoms with van der Waals surface area (Å²) in [5.41, 5.74) is 9.22. The quantitative estimate of drug-likeness (QED) is 0.705. The van der Waals surface area contributed by atoms with Gasteiger partial charge in [0, 0.05) is 24.0 Å². The Bertz CT molecular complexity index is 983. The summed E-state index contributed by atoms with van der Waals surface area (Å²) >= 11 is 3.50. The van der Waals surface area contributed by atoms with E-state index < -0.39 is 5.91 Å². The smallest absolute Gasteiger partial charge is 0.250 e. The van der Waals surface area contributed by atoms with Gasteiger partial charge in [-0.25, -0.2) is 0 Å². The van der Waals surface area contributed by atoms with Gasteiger partial charge in [0.1, 0.15) is 6.07 Å². The van der Waals surface area contributed by atoms with Gasteiger partial charge in [0.25, 0.3) is 0 Å². The van der Waals surface area contributed by atoms with Crippen LogP contribution in [0.15, 0.2) is 53.1 Å². The SMILES string of the molecule is Cn1ncc(Br)c1-c1cccc(Nc2ccc(C(N)=O)c(C#N)c2)c1. The van der Waals surface area contributed by atoms with Gasteiger partial charge in [0.15, 0.2) is 0 Å². The second kappa shape index (κ2) is 6.79.